The zero-order valence-electron chi connectivity index (χ0n) is 4.66. The van der Waals surface area contributed by atoms with Crippen LogP contribution in [0.2, 0.25) is 0 Å². The summed E-state index contributed by atoms with van der Waals surface area (Å²) in [5.41, 5.74) is 0. The van der Waals surface area contributed by atoms with Crippen molar-refractivity contribution >= 4 is 0 Å². The van der Waals surface area contributed by atoms with Crippen LogP contribution < -0.4 is 24.8 Å². The predicted octanol–water partition coefficient (Wildman–Crippen LogP) is -11.1. The molecule has 0 atom stereocenters. The molecule has 0 aromatic heterocycles. The summed E-state index contributed by atoms with van der Waals surface area (Å²) in [5.74, 6) is 0. The van der Waals surface area contributed by atoms with Gasteiger partial charge in [0.05, 0.1) is 0 Å². The van der Waals surface area contributed by atoms with Crippen molar-refractivity contribution in [3.8, 4) is 0 Å². The summed E-state index contributed by atoms with van der Waals surface area (Å²) in [6.45, 7) is 0. The molecule has 0 aliphatic carbocycles. The first-order chi connectivity index (χ1) is 0. The maximum atomic E-state index is 0. The van der Waals surface area contributed by atoms with Crippen LogP contribution >= 0.6 is 0 Å². The molecule has 7 nitrogen and oxygen atoms in total. The maximum Gasteiger partial charge on any atom is 4.00 e. The Balaban J connectivity index is 0. The van der Waals surface area contributed by atoms with Crippen LogP contribution in [0.15, 0.2) is 0 Å². The van der Waals surface area contributed by atoms with Gasteiger partial charge in [0.2, 0.25) is 0 Å². The van der Waals surface area contributed by atoms with Gasteiger partial charge < -0.3 is 63.1 Å². The molecule has 10 heavy (non-hydrogen) atoms. The summed E-state index contributed by atoms with van der Waals surface area (Å²) in [6.07, 6.45) is 0. The molecule has 0 heterocycles. The van der Waals surface area contributed by atoms with E-state index in [0.717, 1.165) is 0 Å². The monoisotopic (exact) mass is 284 g/mol. The number of rotatable bonds is 0. The minimum absolute atomic E-state index is 0. The molecule has 72 valence electrons. The maximum absolute atomic E-state index is 0. The quantitative estimate of drug-likeness (QED) is 0.405. The minimum Gasteiger partial charge on any atom is -2.00 e. The summed E-state index contributed by atoms with van der Waals surface area (Å²) in [4.78, 5) is 0. The van der Waals surface area contributed by atoms with Crippen molar-refractivity contribution < 1.29 is 89.4 Å². The van der Waals surface area contributed by atoms with Crippen molar-refractivity contribution in [2.45, 2.75) is 0 Å². The van der Waals surface area contributed by atoms with Gasteiger partial charge in [-0.3, -0.25) is 0 Å². The van der Waals surface area contributed by atoms with Gasteiger partial charge in [-0.25, -0.2) is 0 Å². The molecule has 12 N–H and O–H groups in total. The Hall–Kier alpha value is 1.18. The molecule has 0 rings (SSSR count). The molecule has 0 bridgehead atoms. The fraction of sp³-hybridized carbons (Fsp3) is 0. The van der Waals surface area contributed by atoms with Gasteiger partial charge in [0.25, 0.3) is 0 Å². The summed E-state index contributed by atoms with van der Waals surface area (Å²) < 4.78 is 0. The molecule has 0 aromatic carbocycles. The Labute approximate surface area is 89.3 Å². The summed E-state index contributed by atoms with van der Waals surface area (Å²) in [7, 11) is 0. The van der Waals surface area contributed by atoms with Crippen molar-refractivity contribution in [2.75, 3.05) is 0 Å². The second-order valence-corrected chi connectivity index (χ2v) is 0. The van der Waals surface area contributed by atoms with E-state index in [4.69, 9.17) is 0 Å². The molecule has 0 aromatic rings. The molecule has 0 saturated carbocycles. The topological polar surface area (TPSA) is 218 Å². The third-order valence-corrected chi connectivity index (χ3v) is 0. The van der Waals surface area contributed by atoms with Crippen LogP contribution in [0.25, 0.3) is 0 Å². The Morgan fingerprint density at radius 2 is 0.400 bits per heavy atom. The fourth-order valence-electron chi connectivity index (χ4n) is 0. The standard InChI is InChI=1S/2ClH.6H2O.O.Zr/h2*1H;6*1H2;;/q;;;;;;;;-2;+4/p-2. The number of hydrogen-bond donors (Lipinski definition) is 0. The molecule has 0 aliphatic heterocycles. The molecule has 10 heteroatoms. The van der Waals surface area contributed by atoms with Crippen molar-refractivity contribution in [3.05, 3.63) is 0 Å². The Morgan fingerprint density at radius 3 is 0.400 bits per heavy atom. The van der Waals surface area contributed by atoms with Gasteiger partial charge in [0.15, 0.2) is 0 Å². The van der Waals surface area contributed by atoms with E-state index < -0.39 is 0 Å². The second-order valence-electron chi connectivity index (χ2n) is 0. The second kappa shape index (κ2) is 613. The van der Waals surface area contributed by atoms with Crippen LogP contribution in [0, 0.1) is 0 Å². The third kappa shape index (κ3) is 439. The molecule has 0 saturated heterocycles. The van der Waals surface area contributed by atoms with Crippen LogP contribution in [0.5, 0.6) is 0 Å². The van der Waals surface area contributed by atoms with Gasteiger partial charge >= 0.3 is 26.2 Å². The number of halogens is 2. The summed E-state index contributed by atoms with van der Waals surface area (Å²) in [6, 6.07) is 0. The van der Waals surface area contributed by atoms with E-state index >= 15 is 0 Å². The average Bonchev–Trinajstić information content (AvgIpc) is 0. The predicted molar refractivity (Wildman–Crippen MR) is 22.4 cm³/mol. The minimum atomic E-state index is 0. The van der Waals surface area contributed by atoms with Crippen LogP contribution in [0.4, 0.5) is 0 Å². The first-order valence-corrected chi connectivity index (χ1v) is 0. The third-order valence-electron chi connectivity index (χ3n) is 0. The van der Waals surface area contributed by atoms with E-state index in [1.54, 1.807) is 0 Å². The molecule has 0 spiro atoms. The number of hydrogen-bond acceptors (Lipinski definition) is 0. The van der Waals surface area contributed by atoms with Gasteiger partial charge in [-0.2, -0.15) is 0 Å². The first kappa shape index (κ1) is 828. The van der Waals surface area contributed by atoms with Gasteiger partial charge in [0.1, 0.15) is 0 Å². The van der Waals surface area contributed by atoms with E-state index in [-0.39, 0.29) is 89.4 Å². The van der Waals surface area contributed by atoms with Crippen molar-refractivity contribution in [3.63, 3.8) is 0 Å². The molecule has 0 radical (unpaired) electrons. The smallest absolute Gasteiger partial charge is 2.00 e. The average molecular weight is 286 g/mol. The van der Waals surface area contributed by atoms with Crippen molar-refractivity contribution in [1.82, 2.24) is 0 Å². The summed E-state index contributed by atoms with van der Waals surface area (Å²) in [5, 5.41) is 0. The Bertz CT molecular complexity index is 11.6. The van der Waals surface area contributed by atoms with E-state index in [1.165, 1.54) is 0 Å². The fourth-order valence-corrected chi connectivity index (χ4v) is 0. The Morgan fingerprint density at radius 1 is 0.400 bits per heavy atom. The van der Waals surface area contributed by atoms with Crippen LogP contribution in [0.3, 0.4) is 0 Å². The van der Waals surface area contributed by atoms with E-state index in [0.29, 0.717) is 0 Å². The largest absolute Gasteiger partial charge is 4.00 e. The van der Waals surface area contributed by atoms with Gasteiger partial charge in [-0.05, 0) is 0 Å². The van der Waals surface area contributed by atoms with Crippen LogP contribution in [-0.4, -0.2) is 32.9 Å². The molecule has 0 aliphatic rings. The molecular formula is H12Cl2O7Zr. The van der Waals surface area contributed by atoms with Crippen LogP contribution in [0.1, 0.15) is 0 Å². The van der Waals surface area contributed by atoms with Crippen molar-refractivity contribution in [2.24, 2.45) is 0 Å². The van der Waals surface area contributed by atoms with Crippen molar-refractivity contribution in [1.29, 1.82) is 0 Å². The molecular weight excluding hydrogens is 274 g/mol. The van der Waals surface area contributed by atoms with E-state index in [2.05, 4.69) is 0 Å². The molecule has 0 fully saturated rings. The van der Waals surface area contributed by atoms with Gasteiger partial charge in [0, 0.05) is 0 Å². The molecule has 0 amide bonds. The normalized spacial score (nSPS) is 0. The van der Waals surface area contributed by atoms with Gasteiger partial charge in [-0.15, -0.1) is 0 Å². The SMILES string of the molecule is O.O.O.O.O.O.[Cl-].[Cl-].[O-2].[Zr+4]. The summed E-state index contributed by atoms with van der Waals surface area (Å²) >= 11 is 0. The van der Waals surface area contributed by atoms with Crippen LogP contribution in [-0.2, 0) is 31.7 Å². The van der Waals surface area contributed by atoms with Gasteiger partial charge in [-0.1, -0.05) is 0 Å². The Kier molecular flexibility index (Phi) is 50800. The van der Waals surface area contributed by atoms with E-state index in [9.17, 15) is 0 Å². The molecule has 0 unspecified atom stereocenters. The van der Waals surface area contributed by atoms with E-state index in [1.807, 2.05) is 0 Å². The zero-order valence-corrected chi connectivity index (χ0v) is 8.63. The first-order valence-electron chi connectivity index (χ1n) is 0. The zero-order chi connectivity index (χ0) is 0.